The van der Waals surface area contributed by atoms with Gasteiger partial charge in [-0.05, 0) is 32.9 Å². The molecule has 1 unspecified atom stereocenters. The van der Waals surface area contributed by atoms with Crippen molar-refractivity contribution in [3.63, 3.8) is 0 Å². The van der Waals surface area contributed by atoms with E-state index in [0.717, 1.165) is 4.90 Å². The molecule has 2 N–H and O–H groups in total. The van der Waals surface area contributed by atoms with Crippen LogP contribution in [0.1, 0.15) is 38.1 Å². The number of hydrogen-bond donors (Lipinski definition) is 2. The molecule has 5 atom stereocenters. The van der Waals surface area contributed by atoms with E-state index in [1.54, 1.807) is 30.0 Å². The number of benzene rings is 1. The monoisotopic (exact) mass is 434 g/mol. The average Bonchev–Trinajstić information content (AvgIpc) is 2.97. The molecule has 0 bridgehead atoms. The summed E-state index contributed by atoms with van der Waals surface area (Å²) in [4.78, 5) is 40.3. The number of aliphatic carboxylic acids is 1. The maximum absolute atomic E-state index is 13.4. The van der Waals surface area contributed by atoms with Gasteiger partial charge in [-0.2, -0.15) is 0 Å². The molecule has 9 heteroatoms. The van der Waals surface area contributed by atoms with E-state index in [4.69, 9.17) is 0 Å². The van der Waals surface area contributed by atoms with Gasteiger partial charge in [0, 0.05) is 35.9 Å². The number of fused-ring (bicyclic) bond motifs is 1. The molecule has 30 heavy (non-hydrogen) atoms. The van der Waals surface area contributed by atoms with Crippen molar-refractivity contribution in [2.24, 2.45) is 11.8 Å². The third-order valence-electron chi connectivity index (χ3n) is 5.86. The normalized spacial score (nSPS) is 24.9. The minimum atomic E-state index is -1.88. The van der Waals surface area contributed by atoms with Crippen LogP contribution in [-0.2, 0) is 20.8 Å². The number of aliphatic hydroxyl groups is 1. The van der Waals surface area contributed by atoms with Crippen LogP contribution in [0.4, 0.5) is 0 Å². The van der Waals surface area contributed by atoms with E-state index in [1.165, 1.54) is 13.0 Å². The highest BCUT2D eigenvalue weighted by molar-refractivity contribution is 7.95. The second-order valence-electron chi connectivity index (χ2n) is 7.55. The molecule has 0 radical (unpaired) electrons. The van der Waals surface area contributed by atoms with Crippen molar-refractivity contribution in [3.8, 4) is 0 Å². The van der Waals surface area contributed by atoms with Gasteiger partial charge >= 0.3 is 5.97 Å². The minimum absolute atomic E-state index is 0.136. The molecule has 3 rings (SSSR count). The molecule has 1 saturated heterocycles. The van der Waals surface area contributed by atoms with Gasteiger partial charge in [0.2, 0.25) is 5.91 Å². The smallest absolute Gasteiger partial charge is 0.357 e. The summed E-state index contributed by atoms with van der Waals surface area (Å²) in [6.45, 7) is 8.01. The van der Waals surface area contributed by atoms with Crippen LogP contribution in [0.2, 0.25) is 0 Å². The van der Waals surface area contributed by atoms with Crippen molar-refractivity contribution >= 4 is 29.0 Å². The zero-order valence-electron chi connectivity index (χ0n) is 17.4. The van der Waals surface area contributed by atoms with Crippen molar-refractivity contribution in [2.45, 2.75) is 44.7 Å². The summed E-state index contributed by atoms with van der Waals surface area (Å²) in [5, 5.41) is 19.7. The summed E-state index contributed by atoms with van der Waals surface area (Å²) >= 11 is -1.88. The molecule has 2 amide bonds. The van der Waals surface area contributed by atoms with Crippen LogP contribution in [0.15, 0.2) is 39.8 Å². The van der Waals surface area contributed by atoms with Gasteiger partial charge in [-0.15, -0.1) is 0 Å². The highest BCUT2D eigenvalue weighted by atomic mass is 32.2. The lowest BCUT2D eigenvalue weighted by molar-refractivity contribution is -0.163. The molecule has 0 spiro atoms. The van der Waals surface area contributed by atoms with Crippen molar-refractivity contribution < 1.29 is 29.1 Å². The first-order valence-electron chi connectivity index (χ1n) is 9.95. The third-order valence-corrected chi connectivity index (χ3v) is 7.50. The molecule has 2 aliphatic rings. The molecule has 2 heterocycles. The van der Waals surface area contributed by atoms with Crippen LogP contribution in [0.3, 0.4) is 0 Å². The predicted molar refractivity (Wildman–Crippen MR) is 110 cm³/mol. The van der Waals surface area contributed by atoms with Gasteiger partial charge < -0.3 is 19.7 Å². The number of carboxylic acids is 1. The van der Waals surface area contributed by atoms with Gasteiger partial charge in [0.1, 0.15) is 0 Å². The number of carboxylic acid groups (broad SMARTS) is 1. The van der Waals surface area contributed by atoms with Gasteiger partial charge in [-0.1, -0.05) is 13.0 Å². The largest absolute Gasteiger partial charge is 0.607 e. The molecule has 0 aliphatic carbocycles. The van der Waals surface area contributed by atoms with Crippen LogP contribution in [0, 0.1) is 11.8 Å². The van der Waals surface area contributed by atoms with Gasteiger partial charge in [0.05, 0.1) is 24.0 Å². The standard InChI is InChI=1S/C21H26N2O6S/c1-5-22(6-2)19(25)13-8-7-9-14(10-13)30(29)18-11(3)16-15(12(4)24)20(26)23(16)17(18)21(27)28/h7-12,15-16,24H,5-6H2,1-4H3,(H,27,28)/t11-,12-,15-,16-,30?/m1/s1. The number of carbonyl (C=O) groups excluding carboxylic acids is 2. The Morgan fingerprint density at radius 3 is 2.47 bits per heavy atom. The van der Waals surface area contributed by atoms with E-state index >= 15 is 0 Å². The Kier molecular flexibility index (Phi) is 6.26. The molecule has 0 aromatic heterocycles. The van der Waals surface area contributed by atoms with Crippen molar-refractivity contribution in [1.29, 1.82) is 0 Å². The fourth-order valence-corrected chi connectivity index (χ4v) is 5.87. The molecule has 2 aliphatic heterocycles. The Hall–Kier alpha value is -2.36. The fraction of sp³-hybridized carbons (Fsp3) is 0.476. The second-order valence-corrected chi connectivity index (χ2v) is 8.99. The molecule has 1 fully saturated rings. The Balaban J connectivity index is 1.99. The topological polar surface area (TPSA) is 121 Å². The molecule has 1 aromatic rings. The highest BCUT2D eigenvalue weighted by Crippen LogP contribution is 2.49. The maximum Gasteiger partial charge on any atom is 0.357 e. The summed E-state index contributed by atoms with van der Waals surface area (Å²) in [6, 6.07) is 5.80. The maximum atomic E-state index is 13.4. The Bertz CT molecular complexity index is 911. The molecule has 1 aromatic carbocycles. The first-order valence-corrected chi connectivity index (χ1v) is 11.1. The molecule has 0 saturated carbocycles. The lowest BCUT2D eigenvalue weighted by atomic mass is 9.79. The first kappa shape index (κ1) is 22.3. The minimum Gasteiger partial charge on any atom is -0.607 e. The SMILES string of the molecule is CCN(CC)C(=O)c1cccc([S+]([O-])C2=C(C(=O)O)N3C(=O)[C@H]([C@@H](C)O)[C@H]3[C@H]2C)c1. The summed E-state index contributed by atoms with van der Waals surface area (Å²) in [5.41, 5.74) is 0.0853. The molecule has 8 nitrogen and oxygen atoms in total. The first-order chi connectivity index (χ1) is 14.1. The quantitative estimate of drug-likeness (QED) is 0.495. The number of hydrogen-bond acceptors (Lipinski definition) is 5. The van der Waals surface area contributed by atoms with Crippen LogP contribution in [0.5, 0.6) is 0 Å². The number of β-lactam (4-membered cyclic amide) rings is 1. The number of nitrogens with zero attached hydrogens (tertiary/aromatic N) is 2. The number of amides is 2. The van der Waals surface area contributed by atoms with Gasteiger partial charge in [0.15, 0.2) is 15.5 Å². The zero-order valence-corrected chi connectivity index (χ0v) is 18.2. The van der Waals surface area contributed by atoms with Crippen molar-refractivity contribution in [3.05, 3.63) is 40.4 Å². The van der Waals surface area contributed by atoms with E-state index in [1.807, 2.05) is 13.8 Å². The van der Waals surface area contributed by atoms with Gasteiger partial charge in [-0.3, -0.25) is 14.5 Å². The molecule has 162 valence electrons. The number of rotatable bonds is 7. The average molecular weight is 435 g/mol. The summed E-state index contributed by atoms with van der Waals surface area (Å²) in [7, 11) is 0. The Morgan fingerprint density at radius 2 is 1.93 bits per heavy atom. The van der Waals surface area contributed by atoms with Gasteiger partial charge in [-0.25, -0.2) is 4.79 Å². The summed E-state index contributed by atoms with van der Waals surface area (Å²) in [6.07, 6.45) is -0.931. The second kappa shape index (κ2) is 8.41. The van der Waals surface area contributed by atoms with E-state index in [0.29, 0.717) is 23.5 Å². The molecular weight excluding hydrogens is 408 g/mol. The van der Waals surface area contributed by atoms with E-state index in [-0.39, 0.29) is 16.5 Å². The van der Waals surface area contributed by atoms with Crippen molar-refractivity contribution in [1.82, 2.24) is 9.80 Å². The van der Waals surface area contributed by atoms with Crippen LogP contribution in [-0.4, -0.2) is 67.6 Å². The van der Waals surface area contributed by atoms with Crippen LogP contribution < -0.4 is 0 Å². The van der Waals surface area contributed by atoms with Gasteiger partial charge in [0.25, 0.3) is 5.91 Å². The Morgan fingerprint density at radius 1 is 1.30 bits per heavy atom. The number of carbonyl (C=O) groups is 3. The molecular formula is C21H26N2O6S. The lowest BCUT2D eigenvalue weighted by Crippen LogP contribution is -2.63. The van der Waals surface area contributed by atoms with E-state index in [9.17, 15) is 29.1 Å². The fourth-order valence-electron chi connectivity index (χ4n) is 4.34. The summed E-state index contributed by atoms with van der Waals surface area (Å²) in [5.74, 6) is -3.23. The third kappa shape index (κ3) is 3.40. The van der Waals surface area contributed by atoms with E-state index in [2.05, 4.69) is 0 Å². The highest BCUT2D eigenvalue weighted by Gasteiger charge is 2.62. The Labute approximate surface area is 178 Å². The predicted octanol–water partition coefficient (Wildman–Crippen LogP) is 1.43. The van der Waals surface area contributed by atoms with Crippen LogP contribution in [0.25, 0.3) is 0 Å². The van der Waals surface area contributed by atoms with Crippen molar-refractivity contribution in [2.75, 3.05) is 13.1 Å². The number of aliphatic hydroxyl groups excluding tert-OH is 1. The zero-order chi connectivity index (χ0) is 22.3. The summed E-state index contributed by atoms with van der Waals surface area (Å²) < 4.78 is 13.4. The van der Waals surface area contributed by atoms with E-state index < -0.39 is 47.0 Å². The van der Waals surface area contributed by atoms with Crippen LogP contribution >= 0.6 is 0 Å². The lowest BCUT2D eigenvalue weighted by Gasteiger charge is -2.45.